The molecule has 5 heteroatoms. The van der Waals surface area contributed by atoms with E-state index in [4.69, 9.17) is 10.7 Å². The molecule has 19 heavy (non-hydrogen) atoms. The van der Waals surface area contributed by atoms with E-state index < -0.39 is 0 Å². The lowest BCUT2D eigenvalue weighted by atomic mass is 10.1. The molecule has 0 atom stereocenters. The summed E-state index contributed by atoms with van der Waals surface area (Å²) in [5.41, 5.74) is 8.68. The number of anilines is 1. The highest BCUT2D eigenvalue weighted by Crippen LogP contribution is 2.23. The van der Waals surface area contributed by atoms with Crippen molar-refractivity contribution in [1.82, 2.24) is 15.2 Å². The molecule has 1 fully saturated rings. The molecule has 0 bridgehead atoms. The maximum atomic E-state index is 5.70. The fraction of sp³-hybridized carbons (Fsp3) is 0.357. The molecular weight excluding hydrogens is 256 g/mol. The van der Waals surface area contributed by atoms with Crippen LogP contribution in [0.5, 0.6) is 0 Å². The molecule has 0 radical (unpaired) electrons. The van der Waals surface area contributed by atoms with Crippen LogP contribution in [-0.4, -0.2) is 36.1 Å². The Balaban J connectivity index is 1.70. The molecule has 2 aromatic rings. The third-order valence-corrected chi connectivity index (χ3v) is 4.16. The zero-order valence-corrected chi connectivity index (χ0v) is 11.6. The molecule has 0 aliphatic carbocycles. The van der Waals surface area contributed by atoms with E-state index in [0.29, 0.717) is 0 Å². The van der Waals surface area contributed by atoms with Gasteiger partial charge in [-0.15, -0.1) is 11.3 Å². The summed E-state index contributed by atoms with van der Waals surface area (Å²) in [6, 6.07) is 7.90. The highest BCUT2D eigenvalue weighted by molar-refractivity contribution is 7.09. The third kappa shape index (κ3) is 3.12. The van der Waals surface area contributed by atoms with E-state index in [2.05, 4.69) is 15.6 Å². The number of hydrogen-bond donors (Lipinski definition) is 2. The van der Waals surface area contributed by atoms with E-state index in [1.54, 1.807) is 11.3 Å². The number of thiazole rings is 1. The molecule has 3 rings (SSSR count). The predicted octanol–water partition coefficient (Wildman–Crippen LogP) is 1.80. The SMILES string of the molecule is Nc1ccc(-c2csc(CN3CCNCC3)n2)cc1. The van der Waals surface area contributed by atoms with E-state index in [1.807, 2.05) is 24.3 Å². The predicted molar refractivity (Wildman–Crippen MR) is 80.1 cm³/mol. The minimum atomic E-state index is 0.792. The summed E-state index contributed by atoms with van der Waals surface area (Å²) in [6.45, 7) is 5.33. The normalized spacial score (nSPS) is 16.6. The molecule has 1 aliphatic rings. The fourth-order valence-corrected chi connectivity index (χ4v) is 3.08. The number of rotatable bonds is 3. The Kier molecular flexibility index (Phi) is 3.77. The van der Waals surface area contributed by atoms with Crippen LogP contribution < -0.4 is 11.1 Å². The number of nitrogens with zero attached hydrogens (tertiary/aromatic N) is 2. The van der Waals surface area contributed by atoms with Crippen LogP contribution >= 0.6 is 11.3 Å². The first-order valence-corrected chi connectivity index (χ1v) is 7.42. The number of benzene rings is 1. The molecule has 0 amide bonds. The lowest BCUT2D eigenvalue weighted by molar-refractivity contribution is 0.233. The van der Waals surface area contributed by atoms with E-state index in [0.717, 1.165) is 49.7 Å². The fourth-order valence-electron chi connectivity index (χ4n) is 2.23. The van der Waals surface area contributed by atoms with Crippen LogP contribution in [-0.2, 0) is 6.54 Å². The minimum Gasteiger partial charge on any atom is -0.399 e. The van der Waals surface area contributed by atoms with Crippen LogP contribution in [0, 0.1) is 0 Å². The number of nitrogen functional groups attached to an aromatic ring is 1. The lowest BCUT2D eigenvalue weighted by Crippen LogP contribution is -2.42. The third-order valence-electron chi connectivity index (χ3n) is 3.33. The Bertz CT molecular complexity index is 529. The second-order valence-corrected chi connectivity index (χ2v) is 5.72. The number of nitrogens with two attached hydrogens (primary N) is 1. The molecule has 4 nitrogen and oxygen atoms in total. The summed E-state index contributed by atoms with van der Waals surface area (Å²) in [7, 11) is 0. The van der Waals surface area contributed by atoms with Gasteiger partial charge < -0.3 is 11.1 Å². The molecule has 0 saturated carbocycles. The van der Waals surface area contributed by atoms with Crippen LogP contribution in [0.1, 0.15) is 5.01 Å². The summed E-state index contributed by atoms with van der Waals surface area (Å²) < 4.78 is 0. The van der Waals surface area contributed by atoms with Crippen molar-refractivity contribution in [3.8, 4) is 11.3 Å². The summed E-state index contributed by atoms with van der Waals surface area (Å²) in [5, 5.41) is 6.68. The molecule has 2 heterocycles. The standard InChI is InChI=1S/C14H18N4S/c15-12-3-1-11(2-4-12)13-10-19-14(17-13)9-18-7-5-16-6-8-18/h1-4,10,16H,5-9,15H2. The second-order valence-electron chi connectivity index (χ2n) is 4.77. The average Bonchev–Trinajstić information content (AvgIpc) is 2.89. The van der Waals surface area contributed by atoms with E-state index in [9.17, 15) is 0 Å². The maximum absolute atomic E-state index is 5.70. The highest BCUT2D eigenvalue weighted by Gasteiger charge is 2.12. The van der Waals surface area contributed by atoms with Crippen LogP contribution in [0.25, 0.3) is 11.3 Å². The van der Waals surface area contributed by atoms with Gasteiger partial charge in [-0.25, -0.2) is 4.98 Å². The molecular formula is C14H18N4S. The van der Waals surface area contributed by atoms with Crippen LogP contribution in [0.15, 0.2) is 29.6 Å². The minimum absolute atomic E-state index is 0.792. The van der Waals surface area contributed by atoms with Crippen molar-refractivity contribution in [2.45, 2.75) is 6.54 Å². The number of hydrogen-bond acceptors (Lipinski definition) is 5. The molecule has 0 unspecified atom stereocenters. The van der Waals surface area contributed by atoms with Gasteiger partial charge in [0.25, 0.3) is 0 Å². The van der Waals surface area contributed by atoms with Crippen LogP contribution in [0.2, 0.25) is 0 Å². The topological polar surface area (TPSA) is 54.2 Å². The molecule has 1 aromatic heterocycles. The Labute approximate surface area is 117 Å². The largest absolute Gasteiger partial charge is 0.399 e. The van der Waals surface area contributed by atoms with Crippen molar-refractivity contribution in [3.05, 3.63) is 34.7 Å². The number of piperazine rings is 1. The molecule has 100 valence electrons. The van der Waals surface area contributed by atoms with Gasteiger partial charge in [-0.3, -0.25) is 4.90 Å². The molecule has 3 N–H and O–H groups in total. The Morgan fingerprint density at radius 2 is 1.95 bits per heavy atom. The Hall–Kier alpha value is -1.43. The second kappa shape index (κ2) is 5.69. The number of nitrogens with one attached hydrogen (secondary N) is 1. The van der Waals surface area contributed by atoms with Gasteiger partial charge in [0.2, 0.25) is 0 Å². The van der Waals surface area contributed by atoms with Crippen molar-refractivity contribution < 1.29 is 0 Å². The lowest BCUT2D eigenvalue weighted by Gasteiger charge is -2.26. The van der Waals surface area contributed by atoms with Crippen molar-refractivity contribution in [2.24, 2.45) is 0 Å². The molecule has 1 saturated heterocycles. The van der Waals surface area contributed by atoms with Gasteiger partial charge in [0.05, 0.1) is 12.2 Å². The first-order valence-electron chi connectivity index (χ1n) is 6.55. The van der Waals surface area contributed by atoms with Crippen molar-refractivity contribution in [3.63, 3.8) is 0 Å². The quantitative estimate of drug-likeness (QED) is 0.838. The Morgan fingerprint density at radius 1 is 1.21 bits per heavy atom. The van der Waals surface area contributed by atoms with Gasteiger partial charge in [-0.2, -0.15) is 0 Å². The zero-order chi connectivity index (χ0) is 13.1. The molecule has 1 aromatic carbocycles. The van der Waals surface area contributed by atoms with E-state index in [1.165, 1.54) is 5.01 Å². The maximum Gasteiger partial charge on any atom is 0.107 e. The van der Waals surface area contributed by atoms with E-state index in [-0.39, 0.29) is 0 Å². The average molecular weight is 274 g/mol. The molecule has 0 spiro atoms. The number of aromatic nitrogens is 1. The van der Waals surface area contributed by atoms with Crippen molar-refractivity contribution >= 4 is 17.0 Å². The monoisotopic (exact) mass is 274 g/mol. The van der Waals surface area contributed by atoms with Gasteiger partial charge in [0, 0.05) is 42.8 Å². The summed E-state index contributed by atoms with van der Waals surface area (Å²) >= 11 is 1.74. The van der Waals surface area contributed by atoms with Gasteiger partial charge >= 0.3 is 0 Å². The van der Waals surface area contributed by atoms with E-state index >= 15 is 0 Å². The first-order chi connectivity index (χ1) is 9.31. The summed E-state index contributed by atoms with van der Waals surface area (Å²) in [4.78, 5) is 7.17. The highest BCUT2D eigenvalue weighted by atomic mass is 32.1. The van der Waals surface area contributed by atoms with Gasteiger partial charge in [0.15, 0.2) is 0 Å². The smallest absolute Gasteiger partial charge is 0.107 e. The zero-order valence-electron chi connectivity index (χ0n) is 10.8. The molecule has 1 aliphatic heterocycles. The van der Waals surface area contributed by atoms with Crippen LogP contribution in [0.4, 0.5) is 5.69 Å². The van der Waals surface area contributed by atoms with Gasteiger partial charge in [0.1, 0.15) is 5.01 Å². The van der Waals surface area contributed by atoms with Crippen molar-refractivity contribution in [2.75, 3.05) is 31.9 Å². The van der Waals surface area contributed by atoms with Crippen molar-refractivity contribution in [1.29, 1.82) is 0 Å². The summed E-state index contributed by atoms with van der Waals surface area (Å²) in [5.74, 6) is 0. The summed E-state index contributed by atoms with van der Waals surface area (Å²) in [6.07, 6.45) is 0. The van der Waals surface area contributed by atoms with Crippen LogP contribution in [0.3, 0.4) is 0 Å². The first kappa shape index (κ1) is 12.6. The van der Waals surface area contributed by atoms with Gasteiger partial charge in [-0.1, -0.05) is 12.1 Å². The van der Waals surface area contributed by atoms with Gasteiger partial charge in [-0.05, 0) is 12.1 Å². The Morgan fingerprint density at radius 3 is 2.68 bits per heavy atom.